The lowest BCUT2D eigenvalue weighted by atomic mass is 10.0. The van der Waals surface area contributed by atoms with E-state index in [0.717, 1.165) is 0 Å². The van der Waals surface area contributed by atoms with Crippen LogP contribution in [-0.2, 0) is 4.79 Å². The van der Waals surface area contributed by atoms with Gasteiger partial charge in [0.25, 0.3) is 0 Å². The molecule has 9 nitrogen and oxygen atoms in total. The number of carbonyl (C=O) groups is 1. The van der Waals surface area contributed by atoms with E-state index in [9.17, 15) is 4.79 Å². The molecule has 116 valence electrons. The van der Waals surface area contributed by atoms with Gasteiger partial charge in [0.1, 0.15) is 24.4 Å². The van der Waals surface area contributed by atoms with Gasteiger partial charge in [-0.1, -0.05) is 0 Å². The molecule has 19 heavy (non-hydrogen) atoms. The molecular formula is C10H23NO8. The first-order chi connectivity index (χ1) is 8.72. The number of hydrogen-bond donors (Lipinski definition) is 8. The van der Waals surface area contributed by atoms with E-state index in [2.05, 4.69) is 0 Å². The Kier molecular flexibility index (Phi) is 12.2. The van der Waals surface area contributed by atoms with Crippen LogP contribution in [0, 0.1) is 0 Å². The Morgan fingerprint density at radius 3 is 1.68 bits per heavy atom. The Hall–Kier alpha value is -0.650. The normalized spacial score (nSPS) is 20.3. The molecule has 0 aromatic carbocycles. The van der Waals surface area contributed by atoms with E-state index >= 15 is 0 Å². The van der Waals surface area contributed by atoms with Crippen LogP contribution in [0.4, 0.5) is 0 Å². The molecule has 0 rings (SSSR count). The average molecular weight is 285 g/mol. The van der Waals surface area contributed by atoms with Gasteiger partial charge < -0.3 is 46.3 Å². The lowest BCUT2D eigenvalue weighted by Gasteiger charge is -2.22. The van der Waals surface area contributed by atoms with Gasteiger partial charge in [-0.05, 0) is 6.92 Å². The van der Waals surface area contributed by atoms with Gasteiger partial charge in [0.05, 0.1) is 18.8 Å². The molecule has 0 saturated heterocycles. The number of carbonyl (C=O) groups excluding carboxylic acids is 1. The van der Waals surface area contributed by atoms with Gasteiger partial charge in [-0.15, -0.1) is 0 Å². The smallest absolute Gasteiger partial charge is 0.151 e. The van der Waals surface area contributed by atoms with E-state index in [-0.39, 0.29) is 12.8 Å². The third kappa shape index (κ3) is 8.97. The quantitative estimate of drug-likeness (QED) is 0.213. The van der Waals surface area contributed by atoms with Crippen molar-refractivity contribution in [2.24, 2.45) is 5.73 Å². The monoisotopic (exact) mass is 285 g/mol. The third-order valence-electron chi connectivity index (χ3n) is 2.22. The first-order valence-electron chi connectivity index (χ1n) is 5.57. The maximum absolute atomic E-state index is 9.90. The first kappa shape index (κ1) is 20.7. The molecule has 0 aromatic rings. The van der Waals surface area contributed by atoms with E-state index in [4.69, 9.17) is 41.5 Å². The summed E-state index contributed by atoms with van der Waals surface area (Å²) in [5, 5.41) is 60.6. The van der Waals surface area contributed by atoms with Crippen LogP contribution in [0.1, 0.15) is 6.92 Å². The van der Waals surface area contributed by atoms with Crippen LogP contribution < -0.4 is 5.73 Å². The minimum absolute atomic E-state index is 0.0258. The van der Waals surface area contributed by atoms with Crippen molar-refractivity contribution in [3.05, 3.63) is 0 Å². The highest BCUT2D eigenvalue weighted by Crippen LogP contribution is 2.02. The fraction of sp³-hybridized carbons (Fsp3) is 0.900. The summed E-state index contributed by atoms with van der Waals surface area (Å²) in [5.74, 6) is 0. The van der Waals surface area contributed by atoms with Gasteiger partial charge in [-0.2, -0.15) is 0 Å². The van der Waals surface area contributed by atoms with Crippen molar-refractivity contribution in [2.75, 3.05) is 13.2 Å². The third-order valence-corrected chi connectivity index (χ3v) is 2.22. The summed E-state index contributed by atoms with van der Waals surface area (Å²) in [5.41, 5.74) is 4.96. The summed E-state index contributed by atoms with van der Waals surface area (Å²) in [6.45, 7) is 0.860. The summed E-state index contributed by atoms with van der Waals surface area (Å²) >= 11 is 0. The first-order valence-corrected chi connectivity index (χ1v) is 5.57. The molecule has 9 N–H and O–H groups in total. The molecule has 0 heterocycles. The second kappa shape index (κ2) is 11.2. The molecule has 0 spiro atoms. The lowest BCUT2D eigenvalue weighted by Crippen LogP contribution is -2.46. The second-order valence-electron chi connectivity index (χ2n) is 3.90. The Bertz CT molecular complexity index is 228. The van der Waals surface area contributed by atoms with Gasteiger partial charge in [0.2, 0.25) is 0 Å². The van der Waals surface area contributed by atoms with Crippen LogP contribution in [0.15, 0.2) is 0 Å². The van der Waals surface area contributed by atoms with Crippen LogP contribution in [0.25, 0.3) is 0 Å². The van der Waals surface area contributed by atoms with Crippen molar-refractivity contribution in [1.82, 2.24) is 0 Å². The number of nitrogens with two attached hydrogens (primary N) is 1. The van der Waals surface area contributed by atoms with Gasteiger partial charge in [0, 0.05) is 6.54 Å². The zero-order valence-corrected chi connectivity index (χ0v) is 10.6. The van der Waals surface area contributed by atoms with Crippen molar-refractivity contribution in [2.45, 2.75) is 43.5 Å². The zero-order valence-electron chi connectivity index (χ0n) is 10.6. The molecule has 0 radical (unpaired) electrons. The summed E-state index contributed by atoms with van der Waals surface area (Å²) < 4.78 is 0. The fourth-order valence-electron chi connectivity index (χ4n) is 0.815. The topological polar surface area (TPSA) is 185 Å². The highest BCUT2D eigenvalue weighted by atomic mass is 16.4. The summed E-state index contributed by atoms with van der Waals surface area (Å²) in [4.78, 5) is 9.90. The number of aliphatic hydroxyl groups excluding tert-OH is 7. The van der Waals surface area contributed by atoms with E-state index in [1.807, 2.05) is 0 Å². The fourth-order valence-corrected chi connectivity index (χ4v) is 0.815. The summed E-state index contributed by atoms with van der Waals surface area (Å²) in [7, 11) is 0. The Morgan fingerprint density at radius 2 is 1.47 bits per heavy atom. The van der Waals surface area contributed by atoms with Gasteiger partial charge in [0.15, 0.2) is 6.29 Å². The molecule has 9 heteroatoms. The van der Waals surface area contributed by atoms with Gasteiger partial charge in [-0.3, -0.25) is 0 Å². The zero-order chi connectivity index (χ0) is 15.6. The number of aldehydes is 1. The molecule has 0 aromatic heterocycles. The molecule has 6 unspecified atom stereocenters. The largest absolute Gasteiger partial charge is 0.394 e. The maximum Gasteiger partial charge on any atom is 0.151 e. The standard InChI is InChI=1S/C6H12O6.C4H11NO2/c7-1-3(9)5(11)6(12)4(10)2-8;1-3(6)4(7)2-5/h1,3-6,8-12H,2H2;3-4,6-7H,2,5H2,1H3. The van der Waals surface area contributed by atoms with Crippen molar-refractivity contribution in [1.29, 1.82) is 0 Å². The molecule has 0 aliphatic carbocycles. The van der Waals surface area contributed by atoms with Gasteiger partial charge in [-0.25, -0.2) is 0 Å². The van der Waals surface area contributed by atoms with E-state index < -0.39 is 43.2 Å². The average Bonchev–Trinajstić information content (AvgIpc) is 2.43. The van der Waals surface area contributed by atoms with Crippen LogP contribution >= 0.6 is 0 Å². The van der Waals surface area contributed by atoms with Crippen molar-refractivity contribution in [3.8, 4) is 0 Å². The number of hydrogen-bond acceptors (Lipinski definition) is 9. The molecule has 0 amide bonds. The molecule has 0 saturated carbocycles. The van der Waals surface area contributed by atoms with Crippen LogP contribution in [0.2, 0.25) is 0 Å². The molecular weight excluding hydrogens is 262 g/mol. The van der Waals surface area contributed by atoms with Crippen molar-refractivity contribution < 1.29 is 40.5 Å². The minimum atomic E-state index is -1.79. The van der Waals surface area contributed by atoms with Crippen molar-refractivity contribution in [3.63, 3.8) is 0 Å². The molecule has 0 aliphatic rings. The SMILES string of the molecule is CC(O)C(O)CN.O=CC(O)C(O)C(O)C(O)CO. The lowest BCUT2D eigenvalue weighted by molar-refractivity contribution is -0.136. The predicted molar refractivity (Wildman–Crippen MR) is 63.9 cm³/mol. The molecule has 6 atom stereocenters. The number of rotatable bonds is 7. The molecule has 0 bridgehead atoms. The number of aliphatic hydroxyl groups is 7. The van der Waals surface area contributed by atoms with Crippen LogP contribution in [-0.4, -0.2) is 91.8 Å². The van der Waals surface area contributed by atoms with Crippen LogP contribution in [0.5, 0.6) is 0 Å². The predicted octanol–water partition coefficient (Wildman–Crippen LogP) is -4.69. The highest BCUT2D eigenvalue weighted by molar-refractivity contribution is 5.56. The second-order valence-corrected chi connectivity index (χ2v) is 3.90. The minimum Gasteiger partial charge on any atom is -0.394 e. The molecule has 0 aliphatic heterocycles. The van der Waals surface area contributed by atoms with E-state index in [0.29, 0.717) is 0 Å². The van der Waals surface area contributed by atoms with E-state index in [1.165, 1.54) is 6.92 Å². The molecule has 0 fully saturated rings. The maximum atomic E-state index is 9.90. The Labute approximate surface area is 110 Å². The summed E-state index contributed by atoms with van der Waals surface area (Å²) in [6, 6.07) is 0. The van der Waals surface area contributed by atoms with Crippen molar-refractivity contribution >= 4 is 6.29 Å². The van der Waals surface area contributed by atoms with Gasteiger partial charge >= 0.3 is 0 Å². The highest BCUT2D eigenvalue weighted by Gasteiger charge is 2.29. The van der Waals surface area contributed by atoms with E-state index in [1.54, 1.807) is 0 Å². The summed E-state index contributed by atoms with van der Waals surface area (Å²) in [6.07, 6.45) is -8.31. The Morgan fingerprint density at radius 1 is 1.00 bits per heavy atom. The Balaban J connectivity index is 0. The van der Waals surface area contributed by atoms with Crippen LogP contribution in [0.3, 0.4) is 0 Å².